The summed E-state index contributed by atoms with van der Waals surface area (Å²) in [5.41, 5.74) is 2.08. The van der Waals surface area contributed by atoms with Crippen LogP contribution in [0, 0.1) is 0 Å². The SMILES string of the molecule is CCc1ccc(N=C2NC(=O)/C(=C/c3ccc(Br)o3)S2)cc1. The largest absolute Gasteiger partial charge is 0.450 e. The number of aliphatic imine (C=N–C) groups is 1. The molecule has 2 heterocycles. The summed E-state index contributed by atoms with van der Waals surface area (Å²) in [5, 5.41) is 3.34. The van der Waals surface area contributed by atoms with Gasteiger partial charge in [-0.1, -0.05) is 19.1 Å². The predicted octanol–water partition coefficient (Wildman–Crippen LogP) is 4.50. The van der Waals surface area contributed by atoms with Gasteiger partial charge in [0.15, 0.2) is 9.84 Å². The van der Waals surface area contributed by atoms with Crippen molar-refractivity contribution in [3.63, 3.8) is 0 Å². The third-order valence-electron chi connectivity index (χ3n) is 3.09. The summed E-state index contributed by atoms with van der Waals surface area (Å²) in [7, 11) is 0. The third-order valence-corrected chi connectivity index (χ3v) is 4.43. The molecule has 1 fully saturated rings. The molecule has 0 aliphatic carbocycles. The van der Waals surface area contributed by atoms with Crippen LogP contribution in [-0.4, -0.2) is 11.1 Å². The van der Waals surface area contributed by atoms with Crippen molar-refractivity contribution < 1.29 is 9.21 Å². The molecule has 0 saturated carbocycles. The first-order chi connectivity index (χ1) is 10.6. The van der Waals surface area contributed by atoms with Crippen molar-refractivity contribution in [1.29, 1.82) is 0 Å². The van der Waals surface area contributed by atoms with Crippen LogP contribution in [0.3, 0.4) is 0 Å². The zero-order valence-electron chi connectivity index (χ0n) is 11.8. The number of carbonyl (C=O) groups excluding carboxylic acids is 1. The monoisotopic (exact) mass is 376 g/mol. The Labute approximate surface area is 140 Å². The first-order valence-corrected chi connectivity index (χ1v) is 8.39. The van der Waals surface area contributed by atoms with E-state index >= 15 is 0 Å². The number of nitrogens with zero attached hydrogens (tertiary/aromatic N) is 1. The van der Waals surface area contributed by atoms with E-state index in [1.54, 1.807) is 18.2 Å². The summed E-state index contributed by atoms with van der Waals surface area (Å²) >= 11 is 4.54. The van der Waals surface area contributed by atoms with Gasteiger partial charge in [0.25, 0.3) is 5.91 Å². The molecule has 1 aromatic carbocycles. The lowest BCUT2D eigenvalue weighted by Crippen LogP contribution is -2.19. The normalized spacial score (nSPS) is 18.2. The molecule has 1 aliphatic heterocycles. The molecule has 1 aliphatic rings. The number of thioether (sulfide) groups is 1. The van der Waals surface area contributed by atoms with Gasteiger partial charge in [0.05, 0.1) is 10.6 Å². The molecule has 1 N–H and O–H groups in total. The van der Waals surface area contributed by atoms with Gasteiger partial charge in [-0.2, -0.15) is 0 Å². The minimum absolute atomic E-state index is 0.165. The fourth-order valence-electron chi connectivity index (χ4n) is 1.94. The van der Waals surface area contributed by atoms with Gasteiger partial charge in [-0.15, -0.1) is 0 Å². The second-order valence-electron chi connectivity index (χ2n) is 4.64. The number of hydrogen-bond acceptors (Lipinski definition) is 4. The number of nitrogens with one attached hydrogen (secondary N) is 1. The fourth-order valence-corrected chi connectivity index (χ4v) is 3.08. The van der Waals surface area contributed by atoms with Crippen LogP contribution >= 0.6 is 27.7 Å². The topological polar surface area (TPSA) is 54.6 Å². The Hall–Kier alpha value is -1.79. The minimum Gasteiger partial charge on any atom is -0.450 e. The molecule has 6 heteroatoms. The van der Waals surface area contributed by atoms with Crippen molar-refractivity contribution in [2.45, 2.75) is 13.3 Å². The highest BCUT2D eigenvalue weighted by Gasteiger charge is 2.24. The molecule has 1 aromatic heterocycles. The Morgan fingerprint density at radius 3 is 2.68 bits per heavy atom. The number of amides is 1. The number of benzene rings is 1. The molecule has 1 saturated heterocycles. The van der Waals surface area contributed by atoms with Gasteiger partial charge in [-0.3, -0.25) is 4.79 Å². The first-order valence-electron chi connectivity index (χ1n) is 6.78. The molecule has 0 radical (unpaired) electrons. The Bertz CT molecular complexity index is 763. The van der Waals surface area contributed by atoms with Gasteiger partial charge >= 0.3 is 0 Å². The minimum atomic E-state index is -0.165. The van der Waals surface area contributed by atoms with E-state index in [0.717, 1.165) is 12.1 Å². The number of aryl methyl sites for hydroxylation is 1. The lowest BCUT2D eigenvalue weighted by atomic mass is 10.2. The van der Waals surface area contributed by atoms with Gasteiger partial charge in [-0.05, 0) is 63.9 Å². The molecule has 0 unspecified atom stereocenters. The standard InChI is InChI=1S/C16H13BrN2O2S/c1-2-10-3-5-11(6-4-10)18-16-19-15(20)13(22-16)9-12-7-8-14(17)21-12/h3-9H,2H2,1H3,(H,18,19,20)/b13-9-. The van der Waals surface area contributed by atoms with Gasteiger partial charge in [-0.25, -0.2) is 4.99 Å². The summed E-state index contributed by atoms with van der Waals surface area (Å²) in [6, 6.07) is 11.6. The van der Waals surface area contributed by atoms with Crippen LogP contribution in [-0.2, 0) is 11.2 Å². The van der Waals surface area contributed by atoms with Crippen LogP contribution in [0.1, 0.15) is 18.2 Å². The van der Waals surface area contributed by atoms with Crippen LogP contribution in [0.25, 0.3) is 6.08 Å². The molecule has 0 bridgehead atoms. The quantitative estimate of drug-likeness (QED) is 0.802. The van der Waals surface area contributed by atoms with Crippen molar-refractivity contribution >= 4 is 50.5 Å². The summed E-state index contributed by atoms with van der Waals surface area (Å²) in [6.45, 7) is 2.11. The maximum atomic E-state index is 12.0. The van der Waals surface area contributed by atoms with Crippen molar-refractivity contribution in [2.75, 3.05) is 0 Å². The number of halogens is 1. The maximum absolute atomic E-state index is 12.0. The van der Waals surface area contributed by atoms with Crippen molar-refractivity contribution in [1.82, 2.24) is 5.32 Å². The average molecular weight is 377 g/mol. The molecular formula is C16H13BrN2O2S. The van der Waals surface area contributed by atoms with E-state index < -0.39 is 0 Å². The van der Waals surface area contributed by atoms with E-state index in [2.05, 4.69) is 33.2 Å². The first kappa shape index (κ1) is 15.1. The van der Waals surface area contributed by atoms with Gasteiger partial charge in [0.1, 0.15) is 5.76 Å². The number of carbonyl (C=O) groups is 1. The smallest absolute Gasteiger partial charge is 0.264 e. The summed E-state index contributed by atoms with van der Waals surface area (Å²) in [5.74, 6) is 0.458. The van der Waals surface area contributed by atoms with Gasteiger partial charge in [0, 0.05) is 6.08 Å². The van der Waals surface area contributed by atoms with E-state index in [1.165, 1.54) is 17.3 Å². The van der Waals surface area contributed by atoms with E-state index in [1.807, 2.05) is 24.3 Å². The fraction of sp³-hybridized carbons (Fsp3) is 0.125. The van der Waals surface area contributed by atoms with Crippen LogP contribution < -0.4 is 5.32 Å². The molecule has 112 valence electrons. The zero-order chi connectivity index (χ0) is 15.5. The highest BCUT2D eigenvalue weighted by Crippen LogP contribution is 2.29. The van der Waals surface area contributed by atoms with Crippen LogP contribution in [0.2, 0.25) is 0 Å². The predicted molar refractivity (Wildman–Crippen MR) is 93.0 cm³/mol. The number of hydrogen-bond donors (Lipinski definition) is 1. The third kappa shape index (κ3) is 3.51. The average Bonchev–Trinajstić information content (AvgIpc) is 3.06. The van der Waals surface area contributed by atoms with Crippen molar-refractivity contribution in [3.8, 4) is 0 Å². The van der Waals surface area contributed by atoms with Crippen LogP contribution in [0.5, 0.6) is 0 Å². The second kappa shape index (κ2) is 6.54. The van der Waals surface area contributed by atoms with Crippen LogP contribution in [0.15, 0.2) is 55.4 Å². The van der Waals surface area contributed by atoms with E-state index in [9.17, 15) is 4.79 Å². The van der Waals surface area contributed by atoms with Crippen LogP contribution in [0.4, 0.5) is 5.69 Å². The van der Waals surface area contributed by atoms with Crippen molar-refractivity contribution in [3.05, 3.63) is 57.3 Å². The highest BCUT2D eigenvalue weighted by molar-refractivity contribution is 9.10. The number of rotatable bonds is 3. The molecule has 4 nitrogen and oxygen atoms in total. The summed E-state index contributed by atoms with van der Waals surface area (Å²) in [4.78, 5) is 17.0. The number of furan rings is 1. The summed E-state index contributed by atoms with van der Waals surface area (Å²) < 4.78 is 6.01. The summed E-state index contributed by atoms with van der Waals surface area (Å²) in [6.07, 6.45) is 2.70. The Kier molecular flexibility index (Phi) is 4.49. The molecular weight excluding hydrogens is 364 g/mol. The van der Waals surface area contributed by atoms with E-state index in [-0.39, 0.29) is 5.91 Å². The molecule has 0 atom stereocenters. The Morgan fingerprint density at radius 1 is 1.27 bits per heavy atom. The Balaban J connectivity index is 1.78. The zero-order valence-corrected chi connectivity index (χ0v) is 14.2. The lowest BCUT2D eigenvalue weighted by molar-refractivity contribution is -0.115. The number of amidine groups is 1. The van der Waals surface area contributed by atoms with E-state index in [0.29, 0.717) is 20.5 Å². The molecule has 1 amide bonds. The van der Waals surface area contributed by atoms with Crippen molar-refractivity contribution in [2.24, 2.45) is 4.99 Å². The molecule has 2 aromatic rings. The Morgan fingerprint density at radius 2 is 2.05 bits per heavy atom. The lowest BCUT2D eigenvalue weighted by Gasteiger charge is -1.98. The highest BCUT2D eigenvalue weighted by atomic mass is 79.9. The van der Waals surface area contributed by atoms with E-state index in [4.69, 9.17) is 4.42 Å². The maximum Gasteiger partial charge on any atom is 0.264 e. The van der Waals surface area contributed by atoms with Gasteiger partial charge in [0.2, 0.25) is 0 Å². The van der Waals surface area contributed by atoms with Gasteiger partial charge < -0.3 is 9.73 Å². The molecule has 3 rings (SSSR count). The second-order valence-corrected chi connectivity index (χ2v) is 6.46. The molecule has 22 heavy (non-hydrogen) atoms. The molecule has 0 spiro atoms.